The molecular weight excluding hydrogens is 266 g/mol. The quantitative estimate of drug-likeness (QED) is 0.918. The molecule has 1 fully saturated rings. The fourth-order valence-corrected chi connectivity index (χ4v) is 3.19. The molecule has 0 spiro atoms. The van der Waals surface area contributed by atoms with Gasteiger partial charge in [0.25, 0.3) is 5.91 Å². The number of fused-ring (bicyclic) bond motifs is 1. The number of rotatable bonds is 2. The molecule has 0 radical (unpaired) electrons. The highest BCUT2D eigenvalue weighted by atomic mass is 16.5. The first-order valence-electron chi connectivity index (χ1n) is 7.30. The van der Waals surface area contributed by atoms with Crippen molar-refractivity contribution < 1.29 is 9.53 Å². The fraction of sp³-hybridized carbons (Fsp3) is 0.375. The van der Waals surface area contributed by atoms with Crippen molar-refractivity contribution in [1.82, 2.24) is 15.1 Å². The normalized spacial score (nSPS) is 20.8. The molecule has 2 aromatic rings. The largest absolute Gasteiger partial charge is 0.381 e. The molecule has 0 bridgehead atoms. The fourth-order valence-electron chi connectivity index (χ4n) is 3.19. The second kappa shape index (κ2) is 5.00. The summed E-state index contributed by atoms with van der Waals surface area (Å²) < 4.78 is 5.42. The van der Waals surface area contributed by atoms with Gasteiger partial charge in [0.15, 0.2) is 0 Å². The summed E-state index contributed by atoms with van der Waals surface area (Å²) in [5, 5.41) is 7.08. The Hall–Kier alpha value is -2.14. The first-order valence-corrected chi connectivity index (χ1v) is 7.30. The summed E-state index contributed by atoms with van der Waals surface area (Å²) in [5.41, 5.74) is 4.09. The van der Waals surface area contributed by atoms with Gasteiger partial charge >= 0.3 is 0 Å². The van der Waals surface area contributed by atoms with E-state index >= 15 is 0 Å². The van der Waals surface area contributed by atoms with E-state index in [0.717, 1.165) is 18.7 Å². The molecule has 1 N–H and O–H groups in total. The summed E-state index contributed by atoms with van der Waals surface area (Å²) >= 11 is 0. The molecule has 1 aromatic carbocycles. The molecule has 3 heterocycles. The molecule has 1 aromatic heterocycles. The summed E-state index contributed by atoms with van der Waals surface area (Å²) in [7, 11) is 0. The number of hydrogen-bond acceptors (Lipinski definition) is 3. The third-order valence-electron chi connectivity index (χ3n) is 4.37. The lowest BCUT2D eigenvalue weighted by atomic mass is 10.0. The molecule has 5 nitrogen and oxygen atoms in total. The van der Waals surface area contributed by atoms with Crippen LogP contribution in [0.1, 0.15) is 39.5 Å². The minimum absolute atomic E-state index is 0.0573. The molecule has 0 aliphatic carbocycles. The van der Waals surface area contributed by atoms with Crippen LogP contribution >= 0.6 is 0 Å². The number of carbonyl (C=O) groups excluding carboxylic acids is 1. The van der Waals surface area contributed by atoms with Crippen LogP contribution in [0.25, 0.3) is 0 Å². The molecule has 4 rings (SSSR count). The first kappa shape index (κ1) is 12.6. The Morgan fingerprint density at radius 2 is 2.05 bits per heavy atom. The van der Waals surface area contributed by atoms with Crippen molar-refractivity contribution in [2.75, 3.05) is 13.2 Å². The van der Waals surface area contributed by atoms with Gasteiger partial charge in [-0.05, 0) is 17.5 Å². The SMILES string of the molecule is O=C(c1cn[nH]c1[C@H]1CCOC1)N1Cc2ccccc2C1. The number of nitrogens with one attached hydrogen (secondary N) is 1. The molecule has 0 saturated carbocycles. The van der Waals surface area contributed by atoms with Crippen molar-refractivity contribution in [3.63, 3.8) is 0 Å². The lowest BCUT2D eigenvalue weighted by molar-refractivity contribution is 0.0749. The second-order valence-corrected chi connectivity index (χ2v) is 5.69. The third kappa shape index (κ3) is 2.14. The van der Waals surface area contributed by atoms with Gasteiger partial charge in [0.05, 0.1) is 24.1 Å². The van der Waals surface area contributed by atoms with Gasteiger partial charge in [-0.15, -0.1) is 0 Å². The van der Waals surface area contributed by atoms with E-state index in [9.17, 15) is 4.79 Å². The maximum Gasteiger partial charge on any atom is 0.257 e. The van der Waals surface area contributed by atoms with E-state index in [-0.39, 0.29) is 11.8 Å². The van der Waals surface area contributed by atoms with E-state index in [4.69, 9.17) is 4.74 Å². The van der Waals surface area contributed by atoms with Crippen molar-refractivity contribution in [1.29, 1.82) is 0 Å². The summed E-state index contributed by atoms with van der Waals surface area (Å²) in [5.74, 6) is 0.318. The number of hydrogen-bond donors (Lipinski definition) is 1. The highest BCUT2D eigenvalue weighted by Gasteiger charge is 2.30. The minimum atomic E-state index is 0.0573. The standard InChI is InChI=1S/C16H17N3O2/c20-16(19-8-11-3-1-2-4-12(11)9-19)14-7-17-18-15(14)13-5-6-21-10-13/h1-4,7,13H,5-6,8-10H2,(H,17,18)/t13-/m0/s1. The van der Waals surface area contributed by atoms with E-state index in [1.54, 1.807) is 6.20 Å². The van der Waals surface area contributed by atoms with E-state index < -0.39 is 0 Å². The van der Waals surface area contributed by atoms with Crippen LogP contribution in [0, 0.1) is 0 Å². The highest BCUT2D eigenvalue weighted by Crippen LogP contribution is 2.29. The summed E-state index contributed by atoms with van der Waals surface area (Å²) in [6, 6.07) is 8.21. The molecule has 1 atom stereocenters. The van der Waals surface area contributed by atoms with Gasteiger partial charge in [-0.1, -0.05) is 24.3 Å². The topological polar surface area (TPSA) is 58.2 Å². The van der Waals surface area contributed by atoms with Crippen LogP contribution in [0.4, 0.5) is 0 Å². The van der Waals surface area contributed by atoms with Crippen LogP contribution < -0.4 is 0 Å². The number of nitrogens with zero attached hydrogens (tertiary/aromatic N) is 2. The average Bonchev–Trinajstić information content (AvgIpc) is 3.23. The zero-order valence-corrected chi connectivity index (χ0v) is 11.7. The summed E-state index contributed by atoms with van der Waals surface area (Å²) in [6.45, 7) is 2.79. The Balaban J connectivity index is 1.58. The Bertz CT molecular complexity index is 649. The average molecular weight is 283 g/mol. The van der Waals surface area contributed by atoms with E-state index in [1.807, 2.05) is 17.0 Å². The summed E-state index contributed by atoms with van der Waals surface area (Å²) in [6.07, 6.45) is 2.60. The van der Waals surface area contributed by atoms with Gasteiger partial charge < -0.3 is 9.64 Å². The number of amides is 1. The molecule has 5 heteroatoms. The zero-order chi connectivity index (χ0) is 14.2. The number of benzene rings is 1. The van der Waals surface area contributed by atoms with Gasteiger partial charge in [0.2, 0.25) is 0 Å². The highest BCUT2D eigenvalue weighted by molar-refractivity contribution is 5.95. The molecule has 21 heavy (non-hydrogen) atoms. The molecule has 2 aliphatic rings. The summed E-state index contributed by atoms with van der Waals surface area (Å²) in [4.78, 5) is 14.7. The lowest BCUT2D eigenvalue weighted by Crippen LogP contribution is -2.26. The third-order valence-corrected chi connectivity index (χ3v) is 4.37. The van der Waals surface area contributed by atoms with E-state index in [0.29, 0.717) is 25.3 Å². The number of ether oxygens (including phenoxy) is 1. The zero-order valence-electron chi connectivity index (χ0n) is 11.7. The molecule has 1 saturated heterocycles. The van der Waals surface area contributed by atoms with Crippen LogP contribution in [0.5, 0.6) is 0 Å². The number of H-pyrrole nitrogens is 1. The van der Waals surface area contributed by atoms with Crippen LogP contribution in [0.2, 0.25) is 0 Å². The minimum Gasteiger partial charge on any atom is -0.381 e. The monoisotopic (exact) mass is 283 g/mol. The number of carbonyl (C=O) groups is 1. The van der Waals surface area contributed by atoms with Gasteiger partial charge in [0.1, 0.15) is 0 Å². The Kier molecular flexibility index (Phi) is 3.00. The van der Waals surface area contributed by atoms with E-state index in [1.165, 1.54) is 11.1 Å². The molecular formula is C16H17N3O2. The van der Waals surface area contributed by atoms with Crippen molar-refractivity contribution in [3.05, 3.63) is 52.8 Å². The van der Waals surface area contributed by atoms with Gasteiger partial charge in [-0.3, -0.25) is 9.89 Å². The predicted molar refractivity (Wildman–Crippen MR) is 76.8 cm³/mol. The molecule has 108 valence electrons. The van der Waals surface area contributed by atoms with Crippen LogP contribution in [0.15, 0.2) is 30.5 Å². The predicted octanol–water partition coefficient (Wildman–Crippen LogP) is 2.07. The van der Waals surface area contributed by atoms with Crippen molar-refractivity contribution in [2.24, 2.45) is 0 Å². The second-order valence-electron chi connectivity index (χ2n) is 5.69. The Morgan fingerprint density at radius 1 is 1.29 bits per heavy atom. The number of aromatic nitrogens is 2. The van der Waals surface area contributed by atoms with Gasteiger partial charge in [0, 0.05) is 25.6 Å². The van der Waals surface area contributed by atoms with E-state index in [2.05, 4.69) is 22.3 Å². The van der Waals surface area contributed by atoms with Crippen LogP contribution in [0.3, 0.4) is 0 Å². The van der Waals surface area contributed by atoms with Gasteiger partial charge in [-0.2, -0.15) is 5.10 Å². The van der Waals surface area contributed by atoms with Crippen molar-refractivity contribution in [2.45, 2.75) is 25.4 Å². The first-order chi connectivity index (χ1) is 10.3. The maximum atomic E-state index is 12.8. The smallest absolute Gasteiger partial charge is 0.257 e. The van der Waals surface area contributed by atoms with Crippen molar-refractivity contribution in [3.8, 4) is 0 Å². The van der Waals surface area contributed by atoms with Gasteiger partial charge in [-0.25, -0.2) is 0 Å². The van der Waals surface area contributed by atoms with Crippen LogP contribution in [-0.4, -0.2) is 34.2 Å². The molecule has 2 aliphatic heterocycles. The number of aromatic amines is 1. The van der Waals surface area contributed by atoms with Crippen LogP contribution in [-0.2, 0) is 17.8 Å². The lowest BCUT2D eigenvalue weighted by Gasteiger charge is -2.16. The van der Waals surface area contributed by atoms with Crippen molar-refractivity contribution >= 4 is 5.91 Å². The maximum absolute atomic E-state index is 12.8. The Labute approximate surface area is 122 Å². The Morgan fingerprint density at radius 3 is 2.71 bits per heavy atom. The molecule has 1 amide bonds. The molecule has 0 unspecified atom stereocenters.